The number of benzene rings is 1. The van der Waals surface area contributed by atoms with Gasteiger partial charge in [0.1, 0.15) is 5.82 Å². The first-order valence-electron chi connectivity index (χ1n) is 5.77. The van der Waals surface area contributed by atoms with Crippen LogP contribution in [0.2, 0.25) is 0 Å². The van der Waals surface area contributed by atoms with Crippen LogP contribution in [0, 0.1) is 0 Å². The maximum atomic E-state index is 10.9. The number of primary amides is 1. The fourth-order valence-corrected chi connectivity index (χ4v) is 1.71. The van der Waals surface area contributed by atoms with Crippen molar-refractivity contribution in [3.8, 4) is 0 Å². The summed E-state index contributed by atoms with van der Waals surface area (Å²) in [7, 11) is 1.98. The largest absolute Gasteiger partial charge is 0.385 e. The molecule has 1 aromatic carbocycles. The van der Waals surface area contributed by atoms with Gasteiger partial charge in [0.05, 0.1) is 0 Å². The molecule has 0 atom stereocenters. The number of anilines is 1. The molecule has 1 aromatic heterocycles. The molecule has 0 spiro atoms. The molecule has 18 heavy (non-hydrogen) atoms. The molecule has 0 unspecified atom stereocenters. The van der Waals surface area contributed by atoms with Crippen LogP contribution in [0.4, 0.5) is 5.69 Å². The Hall–Kier alpha value is -2.30. The fourth-order valence-electron chi connectivity index (χ4n) is 1.71. The van der Waals surface area contributed by atoms with Gasteiger partial charge in [-0.05, 0) is 24.3 Å². The third-order valence-electron chi connectivity index (χ3n) is 2.77. The third kappa shape index (κ3) is 2.88. The van der Waals surface area contributed by atoms with E-state index < -0.39 is 5.91 Å². The standard InChI is InChI=1S/C13H16N4O/c1-17-9-8-16-12(17)6-7-15-11-4-2-10(3-5-11)13(14)18/h2-5,8-9,15H,6-7H2,1H3,(H2,14,18). The Labute approximate surface area is 106 Å². The van der Waals surface area contributed by atoms with Crippen molar-refractivity contribution in [1.29, 1.82) is 0 Å². The normalized spacial score (nSPS) is 10.3. The molecule has 2 rings (SSSR count). The summed E-state index contributed by atoms with van der Waals surface area (Å²) in [5.74, 6) is 0.630. The first-order valence-corrected chi connectivity index (χ1v) is 5.77. The minimum absolute atomic E-state index is 0.408. The van der Waals surface area contributed by atoms with Gasteiger partial charge < -0.3 is 15.6 Å². The van der Waals surface area contributed by atoms with E-state index >= 15 is 0 Å². The SMILES string of the molecule is Cn1ccnc1CCNc1ccc(C(N)=O)cc1. The fraction of sp³-hybridized carbons (Fsp3) is 0.231. The Morgan fingerprint density at radius 2 is 2.11 bits per heavy atom. The van der Waals surface area contributed by atoms with Crippen LogP contribution in [0.25, 0.3) is 0 Å². The smallest absolute Gasteiger partial charge is 0.248 e. The number of rotatable bonds is 5. The minimum atomic E-state index is -0.408. The highest BCUT2D eigenvalue weighted by Gasteiger charge is 2.01. The molecule has 0 bridgehead atoms. The molecule has 0 aliphatic rings. The van der Waals surface area contributed by atoms with Crippen molar-refractivity contribution >= 4 is 11.6 Å². The van der Waals surface area contributed by atoms with E-state index in [9.17, 15) is 4.79 Å². The molecule has 3 N–H and O–H groups in total. The predicted molar refractivity (Wildman–Crippen MR) is 70.4 cm³/mol. The highest BCUT2D eigenvalue weighted by Crippen LogP contribution is 2.09. The quantitative estimate of drug-likeness (QED) is 0.829. The van der Waals surface area contributed by atoms with E-state index in [4.69, 9.17) is 5.73 Å². The van der Waals surface area contributed by atoms with Crippen molar-refractivity contribution in [2.75, 3.05) is 11.9 Å². The van der Waals surface area contributed by atoms with Gasteiger partial charge in [-0.1, -0.05) is 0 Å². The lowest BCUT2D eigenvalue weighted by Gasteiger charge is -2.06. The van der Waals surface area contributed by atoms with Crippen LogP contribution in [0.3, 0.4) is 0 Å². The maximum absolute atomic E-state index is 10.9. The average Bonchev–Trinajstić information content (AvgIpc) is 2.76. The molecule has 0 aliphatic carbocycles. The van der Waals surface area contributed by atoms with Crippen molar-refractivity contribution in [3.05, 3.63) is 48.0 Å². The maximum Gasteiger partial charge on any atom is 0.248 e. The molecule has 0 radical (unpaired) electrons. The number of carbonyl (C=O) groups is 1. The van der Waals surface area contributed by atoms with Crippen LogP contribution < -0.4 is 11.1 Å². The average molecular weight is 244 g/mol. The topological polar surface area (TPSA) is 72.9 Å². The Morgan fingerprint density at radius 3 is 2.67 bits per heavy atom. The van der Waals surface area contributed by atoms with Gasteiger partial charge in [-0.2, -0.15) is 0 Å². The Bertz CT molecular complexity index is 530. The summed E-state index contributed by atoms with van der Waals surface area (Å²) in [5.41, 5.74) is 6.66. The van der Waals surface area contributed by atoms with E-state index in [1.54, 1.807) is 18.3 Å². The number of aryl methyl sites for hydroxylation is 1. The highest BCUT2D eigenvalue weighted by molar-refractivity contribution is 5.93. The Balaban J connectivity index is 1.87. The summed E-state index contributed by atoms with van der Waals surface area (Å²) in [6, 6.07) is 7.12. The summed E-state index contributed by atoms with van der Waals surface area (Å²) in [5, 5.41) is 3.27. The molecule has 1 heterocycles. The number of nitrogens with two attached hydrogens (primary N) is 1. The molecule has 0 saturated carbocycles. The van der Waals surface area contributed by atoms with Crippen LogP contribution in [-0.4, -0.2) is 22.0 Å². The van der Waals surface area contributed by atoms with Gasteiger partial charge in [0.2, 0.25) is 5.91 Å². The predicted octanol–water partition coefficient (Wildman–Crippen LogP) is 1.17. The van der Waals surface area contributed by atoms with E-state index in [1.807, 2.05) is 29.9 Å². The van der Waals surface area contributed by atoms with Crippen LogP contribution in [0.15, 0.2) is 36.7 Å². The van der Waals surface area contributed by atoms with Crippen LogP contribution in [0.5, 0.6) is 0 Å². The zero-order valence-corrected chi connectivity index (χ0v) is 10.3. The highest BCUT2D eigenvalue weighted by atomic mass is 16.1. The van der Waals surface area contributed by atoms with Gasteiger partial charge in [-0.15, -0.1) is 0 Å². The van der Waals surface area contributed by atoms with E-state index in [1.165, 1.54) is 0 Å². The van der Waals surface area contributed by atoms with Crippen LogP contribution >= 0.6 is 0 Å². The second-order valence-electron chi connectivity index (χ2n) is 4.07. The molecule has 5 heteroatoms. The van der Waals surface area contributed by atoms with E-state index in [0.717, 1.165) is 24.5 Å². The summed E-state index contributed by atoms with van der Waals surface area (Å²) in [4.78, 5) is 15.2. The van der Waals surface area contributed by atoms with Crippen LogP contribution in [-0.2, 0) is 13.5 Å². The van der Waals surface area contributed by atoms with Gasteiger partial charge in [0, 0.05) is 43.7 Å². The van der Waals surface area contributed by atoms with Crippen molar-refractivity contribution in [3.63, 3.8) is 0 Å². The molecule has 5 nitrogen and oxygen atoms in total. The molecule has 94 valence electrons. The van der Waals surface area contributed by atoms with E-state index in [0.29, 0.717) is 5.56 Å². The summed E-state index contributed by atoms with van der Waals surface area (Å²) < 4.78 is 2.00. The molecule has 0 aliphatic heterocycles. The number of hydrogen-bond acceptors (Lipinski definition) is 3. The van der Waals surface area contributed by atoms with E-state index in [-0.39, 0.29) is 0 Å². The third-order valence-corrected chi connectivity index (χ3v) is 2.77. The van der Waals surface area contributed by atoms with Gasteiger partial charge >= 0.3 is 0 Å². The number of nitrogens with zero attached hydrogens (tertiary/aromatic N) is 2. The second-order valence-corrected chi connectivity index (χ2v) is 4.07. The zero-order valence-electron chi connectivity index (χ0n) is 10.3. The lowest BCUT2D eigenvalue weighted by molar-refractivity contribution is 0.100. The summed E-state index contributed by atoms with van der Waals surface area (Å²) in [6.45, 7) is 0.792. The first-order chi connectivity index (χ1) is 8.66. The first kappa shape index (κ1) is 12.2. The number of hydrogen-bond donors (Lipinski definition) is 2. The zero-order chi connectivity index (χ0) is 13.0. The van der Waals surface area contributed by atoms with Crippen molar-refractivity contribution < 1.29 is 4.79 Å². The molecule has 2 aromatic rings. The van der Waals surface area contributed by atoms with Gasteiger partial charge in [0.15, 0.2) is 0 Å². The van der Waals surface area contributed by atoms with Crippen molar-refractivity contribution in [2.24, 2.45) is 12.8 Å². The number of nitrogens with one attached hydrogen (secondary N) is 1. The Kier molecular flexibility index (Phi) is 3.62. The van der Waals surface area contributed by atoms with Crippen molar-refractivity contribution in [1.82, 2.24) is 9.55 Å². The number of imidazole rings is 1. The second kappa shape index (κ2) is 5.35. The monoisotopic (exact) mass is 244 g/mol. The summed E-state index contributed by atoms with van der Waals surface area (Å²) >= 11 is 0. The number of aromatic nitrogens is 2. The lowest BCUT2D eigenvalue weighted by Crippen LogP contribution is -2.11. The van der Waals surface area contributed by atoms with Gasteiger partial charge in [-0.25, -0.2) is 4.98 Å². The van der Waals surface area contributed by atoms with Crippen molar-refractivity contribution in [2.45, 2.75) is 6.42 Å². The van der Waals surface area contributed by atoms with Gasteiger partial charge in [-0.3, -0.25) is 4.79 Å². The number of carbonyl (C=O) groups excluding carboxylic acids is 1. The molecular formula is C13H16N4O. The molecular weight excluding hydrogens is 228 g/mol. The molecule has 1 amide bonds. The van der Waals surface area contributed by atoms with Crippen LogP contribution in [0.1, 0.15) is 16.2 Å². The van der Waals surface area contributed by atoms with Gasteiger partial charge in [0.25, 0.3) is 0 Å². The summed E-state index contributed by atoms with van der Waals surface area (Å²) in [6.07, 6.45) is 4.56. The minimum Gasteiger partial charge on any atom is -0.385 e. The molecule has 0 saturated heterocycles. The Morgan fingerprint density at radius 1 is 1.39 bits per heavy atom. The number of amides is 1. The lowest BCUT2D eigenvalue weighted by atomic mass is 10.2. The van der Waals surface area contributed by atoms with E-state index in [2.05, 4.69) is 10.3 Å². The molecule has 0 fully saturated rings.